The van der Waals surface area contributed by atoms with Gasteiger partial charge in [0.25, 0.3) is 5.91 Å². The Morgan fingerprint density at radius 1 is 0.896 bits per heavy atom. The number of morpholine rings is 1. The van der Waals surface area contributed by atoms with Gasteiger partial charge in [0.1, 0.15) is 5.60 Å². The Morgan fingerprint density at radius 3 is 2.19 bits per heavy atom. The van der Waals surface area contributed by atoms with Gasteiger partial charge in [-0.05, 0) is 82.1 Å². The van der Waals surface area contributed by atoms with Gasteiger partial charge in [0.05, 0.1) is 65.3 Å². The summed E-state index contributed by atoms with van der Waals surface area (Å²) in [7, 11) is 0. The van der Waals surface area contributed by atoms with Crippen LogP contribution in [0.1, 0.15) is 69.4 Å². The van der Waals surface area contributed by atoms with Crippen molar-refractivity contribution in [1.29, 1.82) is 0 Å². The molecule has 2 atom stereocenters. The first-order valence-corrected chi connectivity index (χ1v) is 16.9. The monoisotopic (exact) mass is 668 g/mol. The van der Waals surface area contributed by atoms with Crippen LogP contribution in [0.3, 0.4) is 0 Å². The summed E-state index contributed by atoms with van der Waals surface area (Å²) in [6.07, 6.45) is 0.909. The Balaban J connectivity index is 1.21. The van der Waals surface area contributed by atoms with Gasteiger partial charge in [-0.3, -0.25) is 14.4 Å². The predicted molar refractivity (Wildman–Crippen MR) is 185 cm³/mol. The number of ether oxygens (including phenoxy) is 5. The zero-order valence-electron chi connectivity index (χ0n) is 29.0. The summed E-state index contributed by atoms with van der Waals surface area (Å²) in [5.41, 5.74) is 3.90. The van der Waals surface area contributed by atoms with Crippen LogP contribution in [0.15, 0.2) is 42.5 Å². The third kappa shape index (κ3) is 11.5. The zero-order valence-corrected chi connectivity index (χ0v) is 29.0. The highest BCUT2D eigenvalue weighted by atomic mass is 16.6. The molecule has 0 bridgehead atoms. The number of benzene rings is 2. The van der Waals surface area contributed by atoms with Crippen LogP contribution in [0.2, 0.25) is 0 Å². The Labute approximate surface area is 284 Å². The fourth-order valence-electron chi connectivity index (χ4n) is 5.84. The average molecular weight is 669 g/mol. The van der Waals surface area contributed by atoms with E-state index in [4.69, 9.17) is 23.7 Å². The molecule has 2 unspecified atom stereocenters. The van der Waals surface area contributed by atoms with Gasteiger partial charge in [-0.1, -0.05) is 0 Å². The van der Waals surface area contributed by atoms with Gasteiger partial charge < -0.3 is 44.1 Å². The molecule has 2 amide bonds. The lowest BCUT2D eigenvalue weighted by molar-refractivity contribution is -0.156. The number of hydrogen-bond acceptors (Lipinski definition) is 10. The molecule has 2 heterocycles. The summed E-state index contributed by atoms with van der Waals surface area (Å²) < 4.78 is 27.2. The molecule has 2 aromatic rings. The maximum absolute atomic E-state index is 13.1. The van der Waals surface area contributed by atoms with E-state index in [9.17, 15) is 14.4 Å². The third-order valence-corrected chi connectivity index (χ3v) is 8.01. The minimum Gasteiger partial charge on any atom is -0.460 e. The highest BCUT2D eigenvalue weighted by Gasteiger charge is 2.33. The molecule has 0 spiro atoms. The first-order valence-electron chi connectivity index (χ1n) is 16.9. The Kier molecular flexibility index (Phi) is 14.0. The fraction of sp³-hybridized carbons (Fsp3) is 0.583. The number of rotatable bonds is 16. The Bertz CT molecular complexity index is 1340. The molecule has 2 aliphatic heterocycles. The van der Waals surface area contributed by atoms with E-state index >= 15 is 0 Å². The summed E-state index contributed by atoms with van der Waals surface area (Å²) >= 11 is 0. The lowest BCUT2D eigenvalue weighted by Gasteiger charge is -2.39. The molecule has 2 N–H and O–H groups in total. The number of esters is 1. The van der Waals surface area contributed by atoms with Crippen LogP contribution >= 0.6 is 0 Å². The van der Waals surface area contributed by atoms with Gasteiger partial charge >= 0.3 is 5.97 Å². The van der Waals surface area contributed by atoms with E-state index in [2.05, 4.69) is 46.7 Å². The molecule has 1 saturated heterocycles. The van der Waals surface area contributed by atoms with Crippen molar-refractivity contribution in [2.45, 2.75) is 65.1 Å². The largest absolute Gasteiger partial charge is 0.460 e. The molecule has 0 saturated carbocycles. The topological polar surface area (TPSA) is 128 Å². The first-order chi connectivity index (χ1) is 23.0. The zero-order chi connectivity index (χ0) is 34.5. The van der Waals surface area contributed by atoms with Crippen LogP contribution < -0.4 is 20.4 Å². The molecule has 12 heteroatoms. The summed E-state index contributed by atoms with van der Waals surface area (Å²) in [4.78, 5) is 41.5. The molecular formula is C36H52N4O8. The molecule has 1 fully saturated rings. The lowest BCUT2D eigenvalue weighted by atomic mass is 9.90. The minimum atomic E-state index is -0.498. The minimum absolute atomic E-state index is 0.00221. The summed E-state index contributed by atoms with van der Waals surface area (Å²) in [5, 5.41) is 6.58. The molecule has 4 rings (SSSR count). The number of amides is 2. The Morgan fingerprint density at radius 2 is 1.54 bits per heavy atom. The fourth-order valence-corrected chi connectivity index (χ4v) is 5.84. The third-order valence-electron chi connectivity index (χ3n) is 8.01. The van der Waals surface area contributed by atoms with Crippen LogP contribution in [0, 0.1) is 0 Å². The summed E-state index contributed by atoms with van der Waals surface area (Å²) in [6.45, 7) is 14.9. The second-order valence-corrected chi connectivity index (χ2v) is 13.0. The van der Waals surface area contributed by atoms with Gasteiger partial charge in [-0.25, -0.2) is 0 Å². The van der Waals surface area contributed by atoms with Crippen LogP contribution in [0.25, 0.3) is 0 Å². The van der Waals surface area contributed by atoms with Crippen molar-refractivity contribution in [3.05, 3.63) is 53.6 Å². The van der Waals surface area contributed by atoms with Crippen LogP contribution in [-0.4, -0.2) is 102 Å². The van der Waals surface area contributed by atoms with E-state index in [0.29, 0.717) is 51.6 Å². The number of nitrogens with zero attached hydrogens (tertiary/aromatic N) is 2. The van der Waals surface area contributed by atoms with Crippen molar-refractivity contribution < 1.29 is 38.1 Å². The molecular weight excluding hydrogens is 616 g/mol. The SMILES string of the molecule is CC(=O)N1c2ccc(C(=O)NCCOCCOCCOCCC(=O)OC(C)(C)C)cc2C(Nc2ccc(N3CCOCC3)cc2)CC1C. The second kappa shape index (κ2) is 18.2. The average Bonchev–Trinajstić information content (AvgIpc) is 3.04. The number of hydrogen-bond donors (Lipinski definition) is 2. The van der Waals surface area contributed by atoms with Crippen molar-refractivity contribution in [2.24, 2.45) is 0 Å². The molecule has 0 radical (unpaired) electrons. The number of carbonyl (C=O) groups is 3. The maximum atomic E-state index is 13.1. The number of carbonyl (C=O) groups excluding carboxylic acids is 3. The highest BCUT2D eigenvalue weighted by Crippen LogP contribution is 2.40. The van der Waals surface area contributed by atoms with Gasteiger partial charge in [-0.2, -0.15) is 0 Å². The molecule has 264 valence electrons. The summed E-state index contributed by atoms with van der Waals surface area (Å²) in [5.74, 6) is -0.517. The number of anilines is 3. The highest BCUT2D eigenvalue weighted by molar-refractivity contribution is 5.97. The number of nitrogens with one attached hydrogen (secondary N) is 2. The van der Waals surface area contributed by atoms with Gasteiger partial charge in [0.2, 0.25) is 5.91 Å². The van der Waals surface area contributed by atoms with E-state index in [0.717, 1.165) is 48.9 Å². The van der Waals surface area contributed by atoms with E-state index < -0.39 is 5.60 Å². The molecule has 48 heavy (non-hydrogen) atoms. The van der Waals surface area contributed by atoms with E-state index in [1.54, 1.807) is 13.0 Å². The van der Waals surface area contributed by atoms with E-state index in [-0.39, 0.29) is 42.9 Å². The smallest absolute Gasteiger partial charge is 0.308 e. The van der Waals surface area contributed by atoms with Gasteiger partial charge in [0, 0.05) is 55.2 Å². The Hall–Kier alpha value is -3.71. The normalized spacial score (nSPS) is 17.9. The second-order valence-electron chi connectivity index (χ2n) is 13.0. The van der Waals surface area contributed by atoms with E-state index in [1.165, 1.54) is 0 Å². The summed E-state index contributed by atoms with van der Waals surface area (Å²) in [6, 6.07) is 13.8. The maximum Gasteiger partial charge on any atom is 0.308 e. The quantitative estimate of drug-likeness (QED) is 0.197. The van der Waals surface area contributed by atoms with Crippen LogP contribution in [-0.2, 0) is 33.3 Å². The number of fused-ring (bicyclic) bond motifs is 1. The molecule has 12 nitrogen and oxygen atoms in total. The lowest BCUT2D eigenvalue weighted by Crippen LogP contribution is -2.43. The van der Waals surface area contributed by atoms with Crippen molar-refractivity contribution in [3.8, 4) is 0 Å². The molecule has 0 aromatic heterocycles. The first kappa shape index (κ1) is 37.1. The van der Waals surface area contributed by atoms with Crippen molar-refractivity contribution in [1.82, 2.24) is 5.32 Å². The van der Waals surface area contributed by atoms with Crippen LogP contribution in [0.4, 0.5) is 17.1 Å². The molecule has 0 aliphatic carbocycles. The van der Waals surface area contributed by atoms with Crippen molar-refractivity contribution in [2.75, 3.05) is 87.6 Å². The molecule has 2 aliphatic rings. The van der Waals surface area contributed by atoms with Gasteiger partial charge in [-0.15, -0.1) is 0 Å². The van der Waals surface area contributed by atoms with Crippen LogP contribution in [0.5, 0.6) is 0 Å². The predicted octanol–water partition coefficient (Wildman–Crippen LogP) is 4.33. The van der Waals surface area contributed by atoms with E-state index in [1.807, 2.05) is 37.8 Å². The standard InChI is InChI=1S/C36H52N4O8/c1-26-24-32(38-29-7-9-30(10-8-29)39-14-18-46-19-15-39)31-25-28(6-11-33(31)40(26)27(2)41)35(43)37-13-17-45-21-23-47-22-20-44-16-12-34(42)48-36(3,4)5/h6-11,25-26,32,38H,12-24H2,1-5H3,(H,37,43). The van der Waals surface area contributed by atoms with Gasteiger partial charge in [0.15, 0.2) is 0 Å². The van der Waals surface area contributed by atoms with Crippen molar-refractivity contribution >= 4 is 34.8 Å². The van der Waals surface area contributed by atoms with Crippen molar-refractivity contribution in [3.63, 3.8) is 0 Å². The molecule has 2 aromatic carbocycles.